The highest BCUT2D eigenvalue weighted by molar-refractivity contribution is 5.69. The Hall–Kier alpha value is -2.47. The lowest BCUT2D eigenvalue weighted by Crippen LogP contribution is -2.06. The van der Waals surface area contributed by atoms with Gasteiger partial charge in [0.15, 0.2) is 11.6 Å². The van der Waals surface area contributed by atoms with Gasteiger partial charge in [-0.1, -0.05) is 12.1 Å². The van der Waals surface area contributed by atoms with Crippen molar-refractivity contribution in [2.24, 2.45) is 0 Å². The van der Waals surface area contributed by atoms with Crippen molar-refractivity contribution in [1.82, 2.24) is 24.3 Å². The molecule has 1 aliphatic heterocycles. The smallest absolute Gasteiger partial charge is 0.179 e. The van der Waals surface area contributed by atoms with Crippen LogP contribution in [-0.2, 0) is 6.54 Å². The van der Waals surface area contributed by atoms with Gasteiger partial charge in [0.1, 0.15) is 6.10 Å². The molecule has 0 bridgehead atoms. The summed E-state index contributed by atoms with van der Waals surface area (Å²) in [6.45, 7) is 4.26. The van der Waals surface area contributed by atoms with Crippen molar-refractivity contribution in [2.75, 3.05) is 0 Å². The van der Waals surface area contributed by atoms with E-state index in [1.165, 1.54) is 0 Å². The molecule has 1 aromatic carbocycles. The number of hydrogen-bond donors (Lipinski definition) is 1. The van der Waals surface area contributed by atoms with Crippen LogP contribution < -0.4 is 0 Å². The number of aliphatic hydroxyl groups is 1. The van der Waals surface area contributed by atoms with Gasteiger partial charge in [-0.2, -0.15) is 5.10 Å². The molecule has 0 fully saturated rings. The molecule has 0 spiro atoms. The number of aryl methyl sites for hydroxylation is 1. The number of aliphatic hydroxyl groups excluding tert-OH is 1. The third kappa shape index (κ3) is 1.72. The van der Waals surface area contributed by atoms with E-state index in [-0.39, 0.29) is 0 Å². The molecule has 0 aliphatic carbocycles. The summed E-state index contributed by atoms with van der Waals surface area (Å²) in [6.07, 6.45) is 1.16. The van der Waals surface area contributed by atoms with Gasteiger partial charge in [0.2, 0.25) is 0 Å². The van der Waals surface area contributed by atoms with Crippen LogP contribution in [0.4, 0.5) is 0 Å². The maximum Gasteiger partial charge on any atom is 0.179 e. The molecule has 3 heterocycles. The SMILES string of the molecule is Cc1ncn2c1Cn1nc(C(C)O)nc1-c1ccccc1-2. The van der Waals surface area contributed by atoms with Gasteiger partial charge in [-0.15, -0.1) is 0 Å². The number of fused-ring (bicyclic) bond motifs is 5. The average molecular weight is 281 g/mol. The van der Waals surface area contributed by atoms with Crippen LogP contribution in [0.1, 0.15) is 30.2 Å². The summed E-state index contributed by atoms with van der Waals surface area (Å²) in [6, 6.07) is 8.05. The molecule has 0 saturated carbocycles. The minimum absolute atomic E-state index is 0.449. The molecular weight excluding hydrogens is 266 g/mol. The highest BCUT2D eigenvalue weighted by Gasteiger charge is 2.24. The summed E-state index contributed by atoms with van der Waals surface area (Å²) in [4.78, 5) is 8.92. The van der Waals surface area contributed by atoms with E-state index in [2.05, 4.69) is 19.6 Å². The minimum Gasteiger partial charge on any atom is -0.385 e. The van der Waals surface area contributed by atoms with Crippen LogP contribution in [0.5, 0.6) is 0 Å². The van der Waals surface area contributed by atoms with Gasteiger partial charge >= 0.3 is 0 Å². The van der Waals surface area contributed by atoms with Crippen molar-refractivity contribution in [3.05, 3.63) is 47.8 Å². The Bertz CT molecular complexity index is 830. The Balaban J connectivity index is 2.04. The first-order valence-corrected chi connectivity index (χ1v) is 6.90. The number of benzene rings is 1. The van der Waals surface area contributed by atoms with E-state index in [4.69, 9.17) is 0 Å². The summed E-state index contributed by atoms with van der Waals surface area (Å²) in [5.74, 6) is 1.23. The molecule has 1 N–H and O–H groups in total. The molecule has 1 atom stereocenters. The van der Waals surface area contributed by atoms with Gasteiger partial charge in [0, 0.05) is 5.56 Å². The third-order valence-electron chi connectivity index (χ3n) is 3.84. The van der Waals surface area contributed by atoms with E-state index in [0.717, 1.165) is 28.5 Å². The highest BCUT2D eigenvalue weighted by Crippen LogP contribution is 2.31. The van der Waals surface area contributed by atoms with Gasteiger partial charge < -0.3 is 9.67 Å². The molecule has 1 unspecified atom stereocenters. The molecule has 2 aromatic heterocycles. The second kappa shape index (κ2) is 4.26. The number of nitrogens with zero attached hydrogens (tertiary/aromatic N) is 5. The fourth-order valence-corrected chi connectivity index (χ4v) is 2.72. The Morgan fingerprint density at radius 3 is 2.90 bits per heavy atom. The Morgan fingerprint density at radius 1 is 1.29 bits per heavy atom. The summed E-state index contributed by atoms with van der Waals surface area (Å²) in [7, 11) is 0. The Morgan fingerprint density at radius 2 is 2.10 bits per heavy atom. The van der Waals surface area contributed by atoms with E-state index in [1.54, 1.807) is 6.92 Å². The summed E-state index contributed by atoms with van der Waals surface area (Å²) in [5.41, 5.74) is 4.10. The quantitative estimate of drug-likeness (QED) is 0.578. The summed E-state index contributed by atoms with van der Waals surface area (Å²) >= 11 is 0. The predicted molar refractivity (Wildman–Crippen MR) is 77.1 cm³/mol. The molecule has 0 radical (unpaired) electrons. The zero-order valence-electron chi connectivity index (χ0n) is 11.9. The molecule has 4 rings (SSSR count). The van der Waals surface area contributed by atoms with Crippen molar-refractivity contribution in [2.45, 2.75) is 26.5 Å². The maximum atomic E-state index is 9.75. The van der Waals surface area contributed by atoms with E-state index in [1.807, 2.05) is 42.2 Å². The minimum atomic E-state index is -0.678. The van der Waals surface area contributed by atoms with Gasteiger partial charge in [-0.25, -0.2) is 14.6 Å². The second-order valence-corrected chi connectivity index (χ2v) is 5.29. The fraction of sp³-hybridized carbons (Fsp3) is 0.267. The maximum absolute atomic E-state index is 9.75. The summed E-state index contributed by atoms with van der Waals surface area (Å²) < 4.78 is 3.93. The van der Waals surface area contributed by atoms with Crippen molar-refractivity contribution >= 4 is 0 Å². The van der Waals surface area contributed by atoms with Crippen LogP contribution >= 0.6 is 0 Å². The number of imidazole rings is 1. The number of para-hydroxylation sites is 1. The molecule has 1 aliphatic rings. The first-order chi connectivity index (χ1) is 10.1. The van der Waals surface area contributed by atoms with E-state index < -0.39 is 6.10 Å². The van der Waals surface area contributed by atoms with Crippen molar-refractivity contribution < 1.29 is 5.11 Å². The number of rotatable bonds is 1. The van der Waals surface area contributed by atoms with E-state index in [9.17, 15) is 5.11 Å². The average Bonchev–Trinajstić information content (AvgIpc) is 3.02. The van der Waals surface area contributed by atoms with Gasteiger partial charge in [0.05, 0.1) is 29.9 Å². The van der Waals surface area contributed by atoms with Crippen LogP contribution in [0.3, 0.4) is 0 Å². The predicted octanol–water partition coefficient (Wildman–Crippen LogP) is 1.85. The van der Waals surface area contributed by atoms with Crippen LogP contribution in [0.2, 0.25) is 0 Å². The molecular formula is C15H15N5O. The molecule has 0 amide bonds. The normalized spacial score (nSPS) is 14.0. The first-order valence-electron chi connectivity index (χ1n) is 6.90. The molecule has 6 nitrogen and oxygen atoms in total. The molecule has 3 aromatic rings. The van der Waals surface area contributed by atoms with Crippen molar-refractivity contribution in [3.8, 4) is 17.1 Å². The zero-order valence-corrected chi connectivity index (χ0v) is 11.9. The number of aromatic nitrogens is 5. The van der Waals surface area contributed by atoms with E-state index >= 15 is 0 Å². The first kappa shape index (κ1) is 12.3. The summed E-state index contributed by atoms with van der Waals surface area (Å²) in [5, 5.41) is 14.2. The largest absolute Gasteiger partial charge is 0.385 e. The standard InChI is InChI=1S/C15H15N5O/c1-9-13-7-20-15(17-14(18-20)10(2)21)11-5-3-4-6-12(11)19(13)8-16-9/h3-6,8,10,21H,7H2,1-2H3. The highest BCUT2D eigenvalue weighted by atomic mass is 16.3. The van der Waals surface area contributed by atoms with Crippen LogP contribution in [0.25, 0.3) is 17.1 Å². The lowest BCUT2D eigenvalue weighted by Gasteiger charge is -2.07. The van der Waals surface area contributed by atoms with Crippen LogP contribution in [0, 0.1) is 6.92 Å². The Kier molecular flexibility index (Phi) is 2.49. The topological polar surface area (TPSA) is 68.8 Å². The molecule has 21 heavy (non-hydrogen) atoms. The fourth-order valence-electron chi connectivity index (χ4n) is 2.72. The van der Waals surface area contributed by atoms with Crippen molar-refractivity contribution in [3.63, 3.8) is 0 Å². The lowest BCUT2D eigenvalue weighted by molar-refractivity contribution is 0.188. The lowest BCUT2D eigenvalue weighted by atomic mass is 10.1. The Labute approximate surface area is 121 Å². The van der Waals surface area contributed by atoms with Gasteiger partial charge in [-0.05, 0) is 26.0 Å². The second-order valence-electron chi connectivity index (χ2n) is 5.29. The molecule has 106 valence electrons. The molecule has 0 saturated heterocycles. The van der Waals surface area contributed by atoms with E-state index in [0.29, 0.717) is 12.4 Å². The third-order valence-corrected chi connectivity index (χ3v) is 3.84. The van der Waals surface area contributed by atoms with Crippen LogP contribution in [0.15, 0.2) is 30.6 Å². The van der Waals surface area contributed by atoms with Gasteiger partial charge in [0.25, 0.3) is 0 Å². The molecule has 6 heteroatoms. The number of hydrogen-bond acceptors (Lipinski definition) is 4. The van der Waals surface area contributed by atoms with Gasteiger partial charge in [-0.3, -0.25) is 0 Å². The van der Waals surface area contributed by atoms with Crippen LogP contribution in [-0.4, -0.2) is 29.4 Å². The monoisotopic (exact) mass is 281 g/mol. The zero-order chi connectivity index (χ0) is 14.6. The van der Waals surface area contributed by atoms with Crippen molar-refractivity contribution in [1.29, 1.82) is 0 Å².